The van der Waals surface area contributed by atoms with Gasteiger partial charge in [-0.05, 0) is 30.2 Å². The lowest BCUT2D eigenvalue weighted by molar-refractivity contribution is 0.174. The second-order valence-electron chi connectivity index (χ2n) is 5.04. The lowest BCUT2D eigenvalue weighted by Gasteiger charge is -2.27. The lowest BCUT2D eigenvalue weighted by Crippen LogP contribution is -2.36. The van der Waals surface area contributed by atoms with Crippen LogP contribution in [0.4, 0.5) is 0 Å². The predicted molar refractivity (Wildman–Crippen MR) is 67.4 cm³/mol. The second kappa shape index (κ2) is 4.55. The van der Waals surface area contributed by atoms with E-state index in [0.717, 1.165) is 18.0 Å². The van der Waals surface area contributed by atoms with Crippen LogP contribution in [0.2, 0.25) is 0 Å². The van der Waals surface area contributed by atoms with E-state index in [-0.39, 0.29) is 5.41 Å². The smallest absolute Gasteiger partial charge is 0.231 e. The highest BCUT2D eigenvalue weighted by Gasteiger charge is 2.25. The maximum Gasteiger partial charge on any atom is 0.231 e. The van der Waals surface area contributed by atoms with E-state index in [2.05, 4.69) is 32.2 Å². The molecule has 1 aromatic rings. The third kappa shape index (κ3) is 2.37. The average molecular weight is 236 g/mol. The summed E-state index contributed by atoms with van der Waals surface area (Å²) in [6.45, 7) is 8.14. The Morgan fingerprint density at radius 1 is 1.29 bits per heavy atom. The largest absolute Gasteiger partial charge is 0.454 e. The third-order valence-corrected chi connectivity index (χ3v) is 3.16. The Balaban J connectivity index is 2.31. The summed E-state index contributed by atoms with van der Waals surface area (Å²) in [6, 6.07) is 4.12. The first-order valence-electron chi connectivity index (χ1n) is 5.86. The molecule has 0 saturated carbocycles. The highest BCUT2D eigenvalue weighted by atomic mass is 16.7. The van der Waals surface area contributed by atoms with Crippen molar-refractivity contribution in [2.75, 3.05) is 20.0 Å². The van der Waals surface area contributed by atoms with Crippen molar-refractivity contribution in [3.05, 3.63) is 23.3 Å². The maximum atomic E-state index is 5.49. The topological polar surface area (TPSA) is 56.5 Å². The molecule has 0 spiro atoms. The Labute approximate surface area is 102 Å². The Hall–Kier alpha value is -1.26. The molecule has 0 amide bonds. The van der Waals surface area contributed by atoms with Gasteiger partial charge in [-0.25, -0.2) is 0 Å². The first-order chi connectivity index (χ1) is 8.04. The molecule has 3 N–H and O–H groups in total. The number of aryl methyl sites for hydroxylation is 1. The van der Waals surface area contributed by atoms with Gasteiger partial charge < -0.3 is 20.5 Å². The van der Waals surface area contributed by atoms with E-state index in [9.17, 15) is 0 Å². The fourth-order valence-electron chi connectivity index (χ4n) is 2.25. The zero-order chi connectivity index (χ0) is 12.5. The molecule has 0 bridgehead atoms. The number of nitrogens with one attached hydrogen (secondary N) is 1. The summed E-state index contributed by atoms with van der Waals surface area (Å²) in [6.07, 6.45) is 0. The van der Waals surface area contributed by atoms with Crippen LogP contribution in [-0.4, -0.2) is 20.0 Å². The molecule has 17 heavy (non-hydrogen) atoms. The highest BCUT2D eigenvalue weighted by Crippen LogP contribution is 2.38. The SMILES string of the molecule is Cc1cc2c(cc1C(C)(C)CNCN)OCO2. The summed E-state index contributed by atoms with van der Waals surface area (Å²) >= 11 is 0. The van der Waals surface area contributed by atoms with Crippen molar-refractivity contribution in [2.24, 2.45) is 5.73 Å². The molecule has 2 rings (SSSR count). The standard InChI is InChI=1S/C13H20N2O2/c1-9-4-11-12(17-8-16-11)5-10(9)13(2,3)6-15-7-14/h4-5,15H,6-8,14H2,1-3H3. The van der Waals surface area contributed by atoms with Gasteiger partial charge >= 0.3 is 0 Å². The summed E-state index contributed by atoms with van der Waals surface area (Å²) < 4.78 is 10.8. The number of ether oxygens (including phenoxy) is 2. The minimum absolute atomic E-state index is 0.0183. The van der Waals surface area contributed by atoms with Crippen molar-refractivity contribution >= 4 is 0 Å². The van der Waals surface area contributed by atoms with E-state index in [1.165, 1.54) is 11.1 Å². The number of fused-ring (bicyclic) bond motifs is 1. The van der Waals surface area contributed by atoms with Gasteiger partial charge in [-0.3, -0.25) is 0 Å². The normalized spacial score (nSPS) is 14.1. The van der Waals surface area contributed by atoms with Crippen molar-refractivity contribution in [1.29, 1.82) is 0 Å². The van der Waals surface area contributed by atoms with Gasteiger partial charge in [0.25, 0.3) is 0 Å². The molecule has 0 atom stereocenters. The highest BCUT2D eigenvalue weighted by molar-refractivity contribution is 5.50. The zero-order valence-corrected chi connectivity index (χ0v) is 10.7. The fourth-order valence-corrected chi connectivity index (χ4v) is 2.25. The molecule has 0 saturated heterocycles. The summed E-state index contributed by atoms with van der Waals surface area (Å²) in [7, 11) is 0. The molecule has 0 aromatic heterocycles. The van der Waals surface area contributed by atoms with Gasteiger partial charge in [-0.2, -0.15) is 0 Å². The molecule has 4 nitrogen and oxygen atoms in total. The fraction of sp³-hybridized carbons (Fsp3) is 0.538. The van der Waals surface area contributed by atoms with E-state index >= 15 is 0 Å². The van der Waals surface area contributed by atoms with Gasteiger partial charge in [-0.15, -0.1) is 0 Å². The molecule has 1 aliphatic heterocycles. The summed E-state index contributed by atoms with van der Waals surface area (Å²) in [5.41, 5.74) is 7.99. The van der Waals surface area contributed by atoms with Crippen molar-refractivity contribution in [1.82, 2.24) is 5.32 Å². The van der Waals surface area contributed by atoms with Crippen molar-refractivity contribution in [3.8, 4) is 11.5 Å². The molecule has 0 fully saturated rings. The number of benzene rings is 1. The number of hydrogen-bond donors (Lipinski definition) is 2. The summed E-state index contributed by atoms with van der Waals surface area (Å²) in [4.78, 5) is 0. The van der Waals surface area contributed by atoms with Gasteiger partial charge in [-0.1, -0.05) is 13.8 Å². The van der Waals surface area contributed by atoms with E-state index < -0.39 is 0 Å². The maximum absolute atomic E-state index is 5.49. The number of rotatable bonds is 4. The average Bonchev–Trinajstić information content (AvgIpc) is 2.72. The van der Waals surface area contributed by atoms with Crippen LogP contribution in [0.15, 0.2) is 12.1 Å². The van der Waals surface area contributed by atoms with E-state index in [1.54, 1.807) is 0 Å². The van der Waals surface area contributed by atoms with Crippen molar-refractivity contribution in [2.45, 2.75) is 26.2 Å². The zero-order valence-electron chi connectivity index (χ0n) is 10.7. The van der Waals surface area contributed by atoms with Gasteiger partial charge in [0, 0.05) is 18.6 Å². The Kier molecular flexibility index (Phi) is 3.26. The minimum atomic E-state index is 0.0183. The van der Waals surface area contributed by atoms with Crippen LogP contribution < -0.4 is 20.5 Å². The molecule has 0 aliphatic carbocycles. The Morgan fingerprint density at radius 3 is 2.59 bits per heavy atom. The monoisotopic (exact) mass is 236 g/mol. The van der Waals surface area contributed by atoms with Gasteiger partial charge in [0.15, 0.2) is 11.5 Å². The molecule has 94 valence electrons. The number of nitrogens with two attached hydrogens (primary N) is 1. The molecule has 4 heteroatoms. The second-order valence-corrected chi connectivity index (χ2v) is 5.04. The van der Waals surface area contributed by atoms with Gasteiger partial charge in [0.05, 0.1) is 0 Å². The summed E-state index contributed by atoms with van der Waals surface area (Å²) in [5.74, 6) is 1.68. The van der Waals surface area contributed by atoms with Crippen LogP contribution in [0.3, 0.4) is 0 Å². The van der Waals surface area contributed by atoms with Crippen LogP contribution >= 0.6 is 0 Å². The van der Waals surface area contributed by atoms with Crippen LogP contribution in [-0.2, 0) is 5.41 Å². The molecular formula is C13H20N2O2. The van der Waals surface area contributed by atoms with Crippen LogP contribution in [0.25, 0.3) is 0 Å². The Bertz CT molecular complexity index is 416. The predicted octanol–water partition coefficient (Wildman–Crippen LogP) is 1.51. The Morgan fingerprint density at radius 2 is 1.94 bits per heavy atom. The minimum Gasteiger partial charge on any atom is -0.454 e. The summed E-state index contributed by atoms with van der Waals surface area (Å²) in [5, 5.41) is 3.19. The van der Waals surface area contributed by atoms with Gasteiger partial charge in [0.2, 0.25) is 6.79 Å². The first kappa shape index (κ1) is 12.2. The van der Waals surface area contributed by atoms with Gasteiger partial charge in [0.1, 0.15) is 0 Å². The quantitative estimate of drug-likeness (QED) is 0.778. The molecule has 1 aliphatic rings. The van der Waals surface area contributed by atoms with Crippen molar-refractivity contribution < 1.29 is 9.47 Å². The van der Waals surface area contributed by atoms with Crippen LogP contribution in [0.5, 0.6) is 11.5 Å². The van der Waals surface area contributed by atoms with Crippen molar-refractivity contribution in [3.63, 3.8) is 0 Å². The molecule has 1 aromatic carbocycles. The van der Waals surface area contributed by atoms with E-state index in [1.807, 2.05) is 6.07 Å². The lowest BCUT2D eigenvalue weighted by atomic mass is 9.81. The molecule has 1 heterocycles. The van der Waals surface area contributed by atoms with Crippen LogP contribution in [0.1, 0.15) is 25.0 Å². The molecule has 0 unspecified atom stereocenters. The van der Waals surface area contributed by atoms with E-state index in [0.29, 0.717) is 13.5 Å². The number of hydrogen-bond acceptors (Lipinski definition) is 4. The third-order valence-electron chi connectivity index (χ3n) is 3.16. The molecular weight excluding hydrogens is 216 g/mol. The first-order valence-corrected chi connectivity index (χ1v) is 5.86. The van der Waals surface area contributed by atoms with E-state index in [4.69, 9.17) is 15.2 Å². The van der Waals surface area contributed by atoms with Crippen LogP contribution in [0, 0.1) is 6.92 Å². The molecule has 0 radical (unpaired) electrons.